The summed E-state index contributed by atoms with van der Waals surface area (Å²) >= 11 is 1.46. The molecule has 0 bridgehead atoms. The van der Waals surface area contributed by atoms with Crippen molar-refractivity contribution in [3.8, 4) is 0 Å². The summed E-state index contributed by atoms with van der Waals surface area (Å²) in [6.45, 7) is 18.9. The molecule has 0 aliphatic heterocycles. The summed E-state index contributed by atoms with van der Waals surface area (Å²) in [7, 11) is 0. The van der Waals surface area contributed by atoms with Crippen LogP contribution in [0.1, 0.15) is 96.4 Å². The number of allylic oxidation sites excluding steroid dienone is 8. The topological polar surface area (TPSA) is 0 Å². The minimum absolute atomic E-state index is 0. The summed E-state index contributed by atoms with van der Waals surface area (Å²) in [5, 5.41) is 2.75. The maximum atomic E-state index is 3.97. The first-order valence-electron chi connectivity index (χ1n) is 17.0. The molecule has 244 valence electrons. The van der Waals surface area contributed by atoms with Crippen molar-refractivity contribution in [2.45, 2.75) is 80.6 Å². The van der Waals surface area contributed by atoms with Gasteiger partial charge < -0.3 is 24.8 Å². The Bertz CT molecular complexity index is 1780. The number of rotatable bonds is 8. The zero-order valence-electron chi connectivity index (χ0n) is 29.3. The molecule has 0 aromatic heterocycles. The molecule has 1 unspecified atom stereocenters. The van der Waals surface area contributed by atoms with Gasteiger partial charge in [0.05, 0.1) is 0 Å². The fraction of sp³-hybridized carbons (Fsp3) is 0.341. The molecule has 0 spiro atoms. The van der Waals surface area contributed by atoms with Crippen molar-refractivity contribution in [3.05, 3.63) is 152 Å². The molecule has 3 aliphatic rings. The zero-order valence-corrected chi connectivity index (χ0v) is 33.3. The van der Waals surface area contributed by atoms with Gasteiger partial charge in [0.2, 0.25) is 0 Å². The van der Waals surface area contributed by atoms with Crippen molar-refractivity contribution in [3.63, 3.8) is 0 Å². The monoisotopic (exact) mass is 737 g/mol. The van der Waals surface area contributed by atoms with Gasteiger partial charge in [0.15, 0.2) is 0 Å². The molecule has 3 aromatic carbocycles. The first-order valence-corrected chi connectivity index (χ1v) is 18.2. The van der Waals surface area contributed by atoms with Gasteiger partial charge in [0, 0.05) is 0 Å². The Morgan fingerprint density at radius 3 is 1.87 bits per heavy atom. The number of hydrogen-bond acceptors (Lipinski definition) is 0. The van der Waals surface area contributed by atoms with Gasteiger partial charge in [-0.3, -0.25) is 0 Å². The molecule has 0 heterocycles. The molecule has 3 aromatic rings. The van der Waals surface area contributed by atoms with Gasteiger partial charge in [-0.2, -0.15) is 0 Å². The Hall–Kier alpha value is -2.31. The van der Waals surface area contributed by atoms with Crippen LogP contribution in [0.3, 0.4) is 0 Å². The standard InChI is InChI=1S/C31H39.C13H10.2ClH.Zr/c1-9-22-15-24-17-27-26(29(24)25(16-22)19(3)4)18-28(20(5)6)31(10-2,21(7)8)30(27)23-13-11-12-14-23;1-3-7-12(8-4-1)11-13-9-5-2-6-10-13;;;/h11-13,15-16,18-21H,9-10,14H2,1-8H3;1-10H;2*1H;/q-1;;;;+2/p-2. The van der Waals surface area contributed by atoms with Crippen molar-refractivity contribution < 1.29 is 49.0 Å². The Kier molecular flexibility index (Phi) is 14.1. The van der Waals surface area contributed by atoms with E-state index in [-0.39, 0.29) is 30.2 Å². The van der Waals surface area contributed by atoms with Crippen LogP contribution in [0, 0.1) is 17.3 Å². The van der Waals surface area contributed by atoms with Gasteiger partial charge in [-0.1, -0.05) is 114 Å². The van der Waals surface area contributed by atoms with Gasteiger partial charge in [-0.05, 0) is 42.4 Å². The van der Waals surface area contributed by atoms with E-state index >= 15 is 0 Å². The Labute approximate surface area is 311 Å². The van der Waals surface area contributed by atoms with Gasteiger partial charge in [0.1, 0.15) is 0 Å². The molecule has 6 rings (SSSR count). The second-order valence-corrected chi connectivity index (χ2v) is 14.8. The van der Waals surface area contributed by atoms with E-state index in [9.17, 15) is 0 Å². The van der Waals surface area contributed by atoms with Crippen molar-refractivity contribution in [2.24, 2.45) is 17.3 Å². The molecular weight excluding hydrogens is 691 g/mol. The van der Waals surface area contributed by atoms with E-state index in [0.29, 0.717) is 17.8 Å². The van der Waals surface area contributed by atoms with Crippen LogP contribution in [0.2, 0.25) is 0 Å². The Balaban J connectivity index is 0.000000316. The molecule has 0 nitrogen and oxygen atoms in total. The van der Waals surface area contributed by atoms with Crippen molar-refractivity contribution in [1.29, 1.82) is 0 Å². The molecule has 3 heteroatoms. The minimum atomic E-state index is 0. The van der Waals surface area contributed by atoms with Gasteiger partial charge in [0.25, 0.3) is 0 Å². The quantitative estimate of drug-likeness (QED) is 0.309. The summed E-state index contributed by atoms with van der Waals surface area (Å²) in [6.07, 6.45) is 16.7. The van der Waals surface area contributed by atoms with E-state index in [4.69, 9.17) is 0 Å². The normalized spacial score (nSPS) is 17.7. The van der Waals surface area contributed by atoms with Crippen LogP contribution in [0.15, 0.2) is 119 Å². The average Bonchev–Trinajstić information content (AvgIpc) is 3.72. The Morgan fingerprint density at radius 1 is 0.830 bits per heavy atom. The van der Waals surface area contributed by atoms with Crippen LogP contribution in [0.5, 0.6) is 0 Å². The number of aryl methyl sites for hydroxylation is 1. The maximum absolute atomic E-state index is 3.97. The number of halogens is 2. The number of benzene rings is 3. The van der Waals surface area contributed by atoms with Gasteiger partial charge >= 0.3 is 99.2 Å². The van der Waals surface area contributed by atoms with E-state index < -0.39 is 0 Å². The first kappa shape index (κ1) is 39.1. The van der Waals surface area contributed by atoms with Crippen molar-refractivity contribution in [1.82, 2.24) is 0 Å². The molecule has 0 saturated heterocycles. The molecule has 0 saturated carbocycles. The molecule has 0 radical (unpaired) electrons. The summed E-state index contributed by atoms with van der Waals surface area (Å²) in [6, 6.07) is 25.9. The SMILES string of the molecule is CCc1cc(C(C)C)c2c(c1)=[C-]C1=C(C3=CC=CC3)C(CC)(C(C)C)C(C(C)C)=CC=21.[Cl-].[Cl-].[Zr+2]=[C](c1ccccc1)c1ccccc1. The molecule has 47 heavy (non-hydrogen) atoms. The van der Waals surface area contributed by atoms with Gasteiger partial charge in [-0.15, -0.1) is 33.7 Å². The molecule has 0 N–H and O–H groups in total. The third kappa shape index (κ3) is 7.64. The van der Waals surface area contributed by atoms with Crippen LogP contribution in [-0.4, -0.2) is 3.21 Å². The number of hydrogen-bond donors (Lipinski definition) is 0. The fourth-order valence-electron chi connectivity index (χ4n) is 7.65. The summed E-state index contributed by atoms with van der Waals surface area (Å²) in [5.74, 6) is 1.56. The van der Waals surface area contributed by atoms with Crippen molar-refractivity contribution >= 4 is 14.9 Å². The Morgan fingerprint density at radius 2 is 1.43 bits per heavy atom. The molecule has 0 amide bonds. The third-order valence-corrected chi connectivity index (χ3v) is 11.4. The zero-order chi connectivity index (χ0) is 32.3. The van der Waals surface area contributed by atoms with Crippen LogP contribution in [0.4, 0.5) is 0 Å². The third-order valence-electron chi connectivity index (χ3n) is 9.95. The first-order chi connectivity index (χ1) is 21.6. The fourth-order valence-corrected chi connectivity index (χ4v) is 8.47. The molecular formula is C44H49Cl2Zr-. The molecule has 1 atom stereocenters. The molecule has 3 aliphatic carbocycles. The summed E-state index contributed by atoms with van der Waals surface area (Å²) in [5.41, 5.74) is 13.1. The van der Waals surface area contributed by atoms with E-state index in [1.54, 1.807) is 11.1 Å². The van der Waals surface area contributed by atoms with Crippen LogP contribution >= 0.6 is 0 Å². The van der Waals surface area contributed by atoms with E-state index in [1.807, 2.05) is 0 Å². The number of fused-ring (bicyclic) bond motifs is 2. The predicted octanol–water partition coefficient (Wildman–Crippen LogP) is 3.84. The summed E-state index contributed by atoms with van der Waals surface area (Å²) in [4.78, 5) is 0. The van der Waals surface area contributed by atoms with Crippen LogP contribution in [-0.2, 0) is 30.7 Å². The van der Waals surface area contributed by atoms with E-state index in [2.05, 4.69) is 159 Å². The van der Waals surface area contributed by atoms with Crippen molar-refractivity contribution in [2.75, 3.05) is 0 Å². The van der Waals surface area contributed by atoms with Gasteiger partial charge in [-0.25, -0.2) is 0 Å². The predicted molar refractivity (Wildman–Crippen MR) is 191 cm³/mol. The molecule has 0 fully saturated rings. The average molecular weight is 740 g/mol. The second-order valence-electron chi connectivity index (χ2n) is 13.6. The van der Waals surface area contributed by atoms with Crippen LogP contribution in [0.25, 0.3) is 11.6 Å². The van der Waals surface area contributed by atoms with E-state index in [1.165, 1.54) is 76.9 Å². The summed E-state index contributed by atoms with van der Waals surface area (Å²) < 4.78 is 1.42. The van der Waals surface area contributed by atoms with Crippen LogP contribution < -0.4 is 35.3 Å². The van der Waals surface area contributed by atoms with E-state index in [0.717, 1.165) is 19.3 Å². The second kappa shape index (κ2) is 16.9.